The highest BCUT2D eigenvalue weighted by Gasteiger charge is 2.29. The fourth-order valence-corrected chi connectivity index (χ4v) is 3.27. The molecule has 0 fully saturated rings. The van der Waals surface area contributed by atoms with Crippen LogP contribution in [0.2, 0.25) is 0 Å². The lowest BCUT2D eigenvalue weighted by Gasteiger charge is -2.24. The van der Waals surface area contributed by atoms with Crippen molar-refractivity contribution in [1.29, 1.82) is 0 Å². The van der Waals surface area contributed by atoms with Gasteiger partial charge in [0.15, 0.2) is 0 Å². The Kier molecular flexibility index (Phi) is 5.76. The molecule has 0 atom stereocenters. The summed E-state index contributed by atoms with van der Waals surface area (Å²) in [6, 6.07) is 3.13. The zero-order valence-electron chi connectivity index (χ0n) is 13.3. The first-order valence-electron chi connectivity index (χ1n) is 6.91. The maximum absolute atomic E-state index is 14.6. The molecule has 0 bridgehead atoms. The Bertz CT molecular complexity index is 760. The van der Waals surface area contributed by atoms with Gasteiger partial charge in [0, 0.05) is 9.77 Å². The van der Waals surface area contributed by atoms with E-state index in [1.165, 1.54) is 37.5 Å². The molecule has 2 rings (SSSR count). The van der Waals surface area contributed by atoms with Gasteiger partial charge < -0.3 is 14.4 Å². The van der Waals surface area contributed by atoms with Crippen LogP contribution < -0.4 is 4.90 Å². The maximum atomic E-state index is 14.6. The number of halogens is 2. The molecule has 7 heteroatoms. The average molecular weight is 443 g/mol. The summed E-state index contributed by atoms with van der Waals surface area (Å²) in [5.74, 6) is -2.01. The predicted octanol–water partition coefficient (Wildman–Crippen LogP) is 3.23. The number of hydrogen-bond donors (Lipinski definition) is 0. The Balaban J connectivity index is 2.75. The van der Waals surface area contributed by atoms with Gasteiger partial charge in [0.1, 0.15) is 11.5 Å². The van der Waals surface area contributed by atoms with Gasteiger partial charge in [0.25, 0.3) is 0 Å². The minimum Gasteiger partial charge on any atom is -0.465 e. The van der Waals surface area contributed by atoms with Crippen LogP contribution in [0.4, 0.5) is 10.1 Å². The molecular weight excluding hydrogens is 428 g/mol. The second-order valence-corrected chi connectivity index (χ2v) is 6.06. The lowest BCUT2D eigenvalue weighted by Crippen LogP contribution is -2.28. The molecule has 0 radical (unpaired) electrons. The van der Waals surface area contributed by atoms with E-state index in [1.54, 1.807) is 25.1 Å². The largest absolute Gasteiger partial charge is 0.465 e. The van der Waals surface area contributed by atoms with E-state index >= 15 is 0 Å². The molecule has 1 aliphatic heterocycles. The van der Waals surface area contributed by atoms with Crippen molar-refractivity contribution in [3.63, 3.8) is 0 Å². The predicted molar refractivity (Wildman–Crippen MR) is 95.7 cm³/mol. The number of ether oxygens (including phenoxy) is 2. The van der Waals surface area contributed by atoms with E-state index < -0.39 is 17.8 Å². The quantitative estimate of drug-likeness (QED) is 0.531. The molecule has 24 heavy (non-hydrogen) atoms. The molecule has 1 heterocycles. The molecule has 0 aliphatic carbocycles. The number of anilines is 1. The number of carbonyl (C=O) groups is 2. The topological polar surface area (TPSA) is 55.8 Å². The Labute approximate surface area is 152 Å². The second-order valence-electron chi connectivity index (χ2n) is 4.89. The van der Waals surface area contributed by atoms with E-state index in [0.29, 0.717) is 3.57 Å². The first-order chi connectivity index (χ1) is 11.4. The van der Waals surface area contributed by atoms with Crippen molar-refractivity contribution in [3.8, 4) is 0 Å². The minimum atomic E-state index is -0.776. The van der Waals surface area contributed by atoms with Crippen LogP contribution in [0, 0.1) is 16.3 Å². The molecule has 0 saturated heterocycles. The fourth-order valence-electron chi connectivity index (χ4n) is 2.26. The number of methoxy groups -OCH3 is 2. The fraction of sp³-hybridized carbons (Fsp3) is 0.176. The van der Waals surface area contributed by atoms with Gasteiger partial charge in [0.05, 0.1) is 25.5 Å². The van der Waals surface area contributed by atoms with E-state index in [4.69, 9.17) is 9.47 Å². The molecule has 1 aromatic rings. The van der Waals surface area contributed by atoms with Gasteiger partial charge in [0.2, 0.25) is 0 Å². The molecule has 1 aliphatic rings. The summed E-state index contributed by atoms with van der Waals surface area (Å²) < 4.78 is 24.7. The van der Waals surface area contributed by atoms with Gasteiger partial charge in [-0.25, -0.2) is 14.0 Å². The van der Waals surface area contributed by atoms with E-state index in [2.05, 4.69) is 0 Å². The molecule has 0 amide bonds. The number of carbonyl (C=O) groups excluding carboxylic acids is 2. The molecule has 0 N–H and O–H groups in total. The number of hydrogen-bond acceptors (Lipinski definition) is 5. The van der Waals surface area contributed by atoms with Crippen LogP contribution in [-0.4, -0.2) is 26.2 Å². The third-order valence-electron chi connectivity index (χ3n) is 3.29. The Morgan fingerprint density at radius 1 is 1.12 bits per heavy atom. The van der Waals surface area contributed by atoms with Crippen LogP contribution in [0.25, 0.3) is 0 Å². The number of aryl methyl sites for hydroxylation is 1. The highest BCUT2D eigenvalue weighted by molar-refractivity contribution is 14.1. The van der Waals surface area contributed by atoms with Crippen molar-refractivity contribution < 1.29 is 23.5 Å². The van der Waals surface area contributed by atoms with E-state index in [1.807, 2.05) is 22.6 Å². The summed E-state index contributed by atoms with van der Waals surface area (Å²) in [5, 5.41) is 0. The van der Waals surface area contributed by atoms with Crippen LogP contribution in [0.3, 0.4) is 0 Å². The summed E-state index contributed by atoms with van der Waals surface area (Å²) in [4.78, 5) is 25.7. The zero-order valence-corrected chi connectivity index (χ0v) is 15.5. The normalized spacial score (nSPS) is 13.8. The monoisotopic (exact) mass is 443 g/mol. The molecule has 0 saturated carbocycles. The first kappa shape index (κ1) is 18.2. The summed E-state index contributed by atoms with van der Waals surface area (Å²) in [6.07, 6.45) is 6.07. The van der Waals surface area contributed by atoms with Crippen LogP contribution in [0.1, 0.15) is 5.56 Å². The molecule has 0 aromatic heterocycles. The van der Waals surface area contributed by atoms with E-state index in [-0.39, 0.29) is 17.0 Å². The maximum Gasteiger partial charge on any atom is 0.355 e. The van der Waals surface area contributed by atoms with E-state index in [0.717, 1.165) is 5.56 Å². The standard InChI is InChI=1S/C17H15FINO4/c1-10-8-12(18)15(13(19)9-10)20-7-5-4-6-11(16(21)23-2)14(20)17(22)24-3/h4-9H,1-3H3. The first-order valence-corrected chi connectivity index (χ1v) is 7.99. The number of rotatable bonds is 3. The lowest BCUT2D eigenvalue weighted by atomic mass is 10.1. The smallest absolute Gasteiger partial charge is 0.355 e. The average Bonchev–Trinajstić information content (AvgIpc) is 2.75. The van der Waals surface area contributed by atoms with Gasteiger partial charge in [-0.15, -0.1) is 0 Å². The van der Waals surface area contributed by atoms with Gasteiger partial charge in [-0.3, -0.25) is 0 Å². The van der Waals surface area contributed by atoms with Crippen LogP contribution in [-0.2, 0) is 19.1 Å². The lowest BCUT2D eigenvalue weighted by molar-refractivity contribution is -0.139. The van der Waals surface area contributed by atoms with Crippen LogP contribution >= 0.6 is 22.6 Å². The van der Waals surface area contributed by atoms with Gasteiger partial charge in [-0.05, 0) is 59.4 Å². The van der Waals surface area contributed by atoms with E-state index in [9.17, 15) is 14.0 Å². The number of nitrogens with zero attached hydrogens (tertiary/aromatic N) is 1. The number of esters is 2. The van der Waals surface area contributed by atoms with Crippen molar-refractivity contribution in [2.45, 2.75) is 6.92 Å². The molecular formula is C17H15FINO4. The Hall–Kier alpha value is -2.16. The Morgan fingerprint density at radius 3 is 2.38 bits per heavy atom. The highest BCUT2D eigenvalue weighted by atomic mass is 127. The van der Waals surface area contributed by atoms with Crippen LogP contribution in [0.15, 0.2) is 47.8 Å². The Morgan fingerprint density at radius 2 is 1.79 bits per heavy atom. The van der Waals surface area contributed by atoms with Gasteiger partial charge in [-0.2, -0.15) is 0 Å². The second kappa shape index (κ2) is 7.61. The summed E-state index contributed by atoms with van der Waals surface area (Å²) >= 11 is 1.98. The summed E-state index contributed by atoms with van der Waals surface area (Å²) in [6.45, 7) is 1.77. The van der Waals surface area contributed by atoms with Gasteiger partial charge in [-0.1, -0.05) is 6.08 Å². The summed E-state index contributed by atoms with van der Waals surface area (Å²) in [7, 11) is 2.40. The highest BCUT2D eigenvalue weighted by Crippen LogP contribution is 2.33. The van der Waals surface area contributed by atoms with Crippen molar-refractivity contribution in [1.82, 2.24) is 0 Å². The molecule has 5 nitrogen and oxygen atoms in total. The van der Waals surface area contributed by atoms with Crippen molar-refractivity contribution in [2.24, 2.45) is 0 Å². The zero-order chi connectivity index (χ0) is 17.9. The SMILES string of the molecule is COC(=O)C1=C(C(=O)OC)N(c2c(F)cc(C)cc2I)C=CC=C1. The third-order valence-corrected chi connectivity index (χ3v) is 4.11. The summed E-state index contributed by atoms with van der Waals surface area (Å²) in [5.41, 5.74) is 0.762. The van der Waals surface area contributed by atoms with Crippen molar-refractivity contribution in [2.75, 3.05) is 19.1 Å². The molecule has 0 unspecified atom stereocenters. The van der Waals surface area contributed by atoms with Crippen LogP contribution in [0.5, 0.6) is 0 Å². The van der Waals surface area contributed by atoms with Gasteiger partial charge >= 0.3 is 11.9 Å². The molecule has 0 spiro atoms. The third kappa shape index (κ3) is 3.50. The molecule has 1 aromatic carbocycles. The minimum absolute atomic E-state index is 0.0230. The molecule has 126 valence electrons. The number of benzene rings is 1. The van der Waals surface area contributed by atoms with Crippen molar-refractivity contribution >= 4 is 40.2 Å². The number of allylic oxidation sites excluding steroid dienone is 2. The van der Waals surface area contributed by atoms with Crippen molar-refractivity contribution in [3.05, 3.63) is 62.8 Å².